The Balaban J connectivity index is 0.000000408. The van der Waals surface area contributed by atoms with Crippen LogP contribution in [0.5, 0.6) is 5.75 Å². The van der Waals surface area contributed by atoms with Crippen LogP contribution in [0.2, 0.25) is 0 Å². The number of carbonyl (C=O) groups excluding carboxylic acids is 1. The Kier molecular flexibility index (Phi) is 23.1. The van der Waals surface area contributed by atoms with Crippen molar-refractivity contribution in [3.05, 3.63) is 179 Å². The quantitative estimate of drug-likeness (QED) is 0.0718. The Morgan fingerprint density at radius 3 is 1.59 bits per heavy atom. The monoisotopic (exact) mass is 830 g/mol. The first-order valence-electron chi connectivity index (χ1n) is 17.2. The van der Waals surface area contributed by atoms with Gasteiger partial charge >= 0.3 is 6.09 Å². The highest BCUT2D eigenvalue weighted by molar-refractivity contribution is 7.85. The molecule has 0 spiro atoms. The number of ether oxygens (including phenoxy) is 1. The SMILES string of the molecule is C=CCN(CCc1cc(F)cc(F)c1)C(=O)Oc1ccccc1.CN.Cc1ccc(S(=O)(=O)O)cc1.N#CCc1cc(F)cc(F)c1.NCCc1cc(F)cc(F)c1. The van der Waals surface area contributed by atoms with E-state index in [0.29, 0.717) is 41.8 Å². The van der Waals surface area contributed by atoms with Crippen LogP contribution in [0.1, 0.15) is 22.3 Å². The Bertz CT molecular complexity index is 2110. The molecule has 1 amide bonds. The van der Waals surface area contributed by atoms with Gasteiger partial charge in [0.05, 0.1) is 17.4 Å². The average molecular weight is 831 g/mol. The Morgan fingerprint density at radius 2 is 1.19 bits per heavy atom. The highest BCUT2D eigenvalue weighted by Crippen LogP contribution is 2.14. The lowest BCUT2D eigenvalue weighted by Crippen LogP contribution is -2.35. The van der Waals surface area contributed by atoms with E-state index in [1.165, 1.54) is 48.3 Å². The fourth-order valence-electron chi connectivity index (χ4n) is 4.52. The van der Waals surface area contributed by atoms with Gasteiger partial charge in [-0.3, -0.25) is 4.55 Å². The zero-order valence-corrected chi connectivity index (χ0v) is 32.5. The number of para-hydroxylation sites is 1. The summed E-state index contributed by atoms with van der Waals surface area (Å²) >= 11 is 0. The van der Waals surface area contributed by atoms with E-state index in [2.05, 4.69) is 12.3 Å². The fourth-order valence-corrected chi connectivity index (χ4v) is 5.00. The molecule has 58 heavy (non-hydrogen) atoms. The van der Waals surface area contributed by atoms with Gasteiger partial charge in [0.1, 0.15) is 40.7 Å². The normalized spacial score (nSPS) is 9.97. The van der Waals surface area contributed by atoms with E-state index < -0.39 is 51.1 Å². The number of amides is 1. The molecule has 0 saturated heterocycles. The van der Waals surface area contributed by atoms with Gasteiger partial charge in [-0.25, -0.2) is 31.1 Å². The smallest absolute Gasteiger partial charge is 0.410 e. The van der Waals surface area contributed by atoms with Crippen molar-refractivity contribution in [2.45, 2.75) is 31.1 Å². The van der Waals surface area contributed by atoms with Crippen LogP contribution in [-0.4, -0.2) is 50.6 Å². The summed E-state index contributed by atoms with van der Waals surface area (Å²) in [5.41, 5.74) is 12.1. The van der Waals surface area contributed by atoms with Gasteiger partial charge in [0.15, 0.2) is 0 Å². The summed E-state index contributed by atoms with van der Waals surface area (Å²) in [7, 11) is -2.52. The van der Waals surface area contributed by atoms with E-state index in [1.54, 1.807) is 48.5 Å². The van der Waals surface area contributed by atoms with Crippen molar-refractivity contribution < 1.29 is 48.8 Å². The Morgan fingerprint density at radius 1 is 0.759 bits per heavy atom. The number of halogens is 6. The second-order valence-corrected chi connectivity index (χ2v) is 13.1. The maximum absolute atomic E-state index is 13.2. The second kappa shape index (κ2) is 26.8. The standard InChI is InChI=1S/C18H17F2NO2.C8H9F2N.C8H5F2N.C7H8O3S.CH5N/c1-2-9-21(18(22)23-17-6-4-3-5-7-17)10-8-14-11-15(19)13-16(20)12-14;2*9-7-3-6(1-2-11)4-8(10)5-7;1-6-2-4-7(5-3-6)11(8,9)10;1-2/h2-7,11-13H,1,8-10H2;3-5H,1-2,11H2;3-5H,1H2;2-5H,1H3,(H,8,9,10);2H2,1H3. The summed E-state index contributed by atoms with van der Waals surface area (Å²) in [5.74, 6) is -3.22. The molecule has 0 aliphatic heterocycles. The molecule has 0 saturated carbocycles. The third kappa shape index (κ3) is 20.8. The van der Waals surface area contributed by atoms with E-state index in [4.69, 9.17) is 20.3 Å². The summed E-state index contributed by atoms with van der Waals surface area (Å²) in [6, 6.07) is 26.3. The fraction of sp³-hybridized carbons (Fsp3) is 0.190. The summed E-state index contributed by atoms with van der Waals surface area (Å²) in [6.45, 7) is 6.40. The highest BCUT2D eigenvalue weighted by atomic mass is 32.2. The van der Waals surface area contributed by atoms with Gasteiger partial charge in [0.25, 0.3) is 10.1 Å². The minimum absolute atomic E-state index is 0.0364. The molecule has 5 aromatic carbocycles. The molecule has 0 radical (unpaired) electrons. The third-order valence-corrected chi connectivity index (χ3v) is 7.90. The number of rotatable bonds is 10. The first-order valence-corrected chi connectivity index (χ1v) is 18.6. The second-order valence-electron chi connectivity index (χ2n) is 11.7. The molecule has 5 aromatic rings. The molecular weight excluding hydrogens is 787 g/mol. The maximum atomic E-state index is 13.2. The highest BCUT2D eigenvalue weighted by Gasteiger charge is 2.15. The third-order valence-electron chi connectivity index (χ3n) is 7.03. The summed E-state index contributed by atoms with van der Waals surface area (Å²) in [6.07, 6.45) is 1.89. The first kappa shape index (κ1) is 50.0. The van der Waals surface area contributed by atoms with E-state index in [0.717, 1.165) is 35.9 Å². The number of carbonyl (C=O) groups is 1. The summed E-state index contributed by atoms with van der Waals surface area (Å²) < 4.78 is 111. The number of hydrogen-bond donors (Lipinski definition) is 3. The van der Waals surface area contributed by atoms with Crippen molar-refractivity contribution in [2.24, 2.45) is 11.5 Å². The van der Waals surface area contributed by atoms with Crippen molar-refractivity contribution >= 4 is 16.2 Å². The van der Waals surface area contributed by atoms with Gasteiger partial charge in [0.2, 0.25) is 0 Å². The van der Waals surface area contributed by atoms with Crippen LogP contribution in [0.3, 0.4) is 0 Å². The molecule has 310 valence electrons. The number of hydrogen-bond acceptors (Lipinski definition) is 7. The molecule has 9 nitrogen and oxygen atoms in total. The van der Waals surface area contributed by atoms with E-state index in [1.807, 2.05) is 13.0 Å². The Labute approximate surface area is 334 Å². The number of benzene rings is 5. The molecule has 0 atom stereocenters. The molecule has 0 aromatic heterocycles. The number of nitrogens with zero attached hydrogens (tertiary/aromatic N) is 2. The summed E-state index contributed by atoms with van der Waals surface area (Å²) in [5, 5.41) is 8.21. The van der Waals surface area contributed by atoms with Crippen LogP contribution in [0.4, 0.5) is 31.1 Å². The van der Waals surface area contributed by atoms with Crippen LogP contribution >= 0.6 is 0 Å². The van der Waals surface area contributed by atoms with Crippen molar-refractivity contribution in [3.8, 4) is 11.8 Å². The lowest BCUT2D eigenvalue weighted by Gasteiger charge is -2.20. The molecular formula is C42H44F6N4O5S. The first-order chi connectivity index (χ1) is 27.5. The van der Waals surface area contributed by atoms with Gasteiger partial charge < -0.3 is 21.1 Å². The van der Waals surface area contributed by atoms with Crippen LogP contribution < -0.4 is 16.2 Å². The Hall–Kier alpha value is -5.99. The largest absolute Gasteiger partial charge is 0.415 e. The molecule has 5 N–H and O–H groups in total. The molecule has 0 aliphatic rings. The van der Waals surface area contributed by atoms with Gasteiger partial charge in [-0.05, 0) is 111 Å². The molecule has 0 heterocycles. The van der Waals surface area contributed by atoms with Crippen molar-refractivity contribution in [3.63, 3.8) is 0 Å². The van der Waals surface area contributed by atoms with E-state index >= 15 is 0 Å². The number of aryl methyl sites for hydroxylation is 1. The van der Waals surface area contributed by atoms with Crippen molar-refractivity contribution in [2.75, 3.05) is 26.7 Å². The zero-order chi connectivity index (χ0) is 43.7. The molecule has 16 heteroatoms. The molecule has 0 aliphatic carbocycles. The topological polar surface area (TPSA) is 160 Å². The van der Waals surface area contributed by atoms with Crippen LogP contribution in [0, 0.1) is 53.2 Å². The molecule has 0 bridgehead atoms. The van der Waals surface area contributed by atoms with Gasteiger partial charge in [0, 0.05) is 31.3 Å². The van der Waals surface area contributed by atoms with Crippen LogP contribution in [0.25, 0.3) is 0 Å². The van der Waals surface area contributed by atoms with E-state index in [9.17, 15) is 39.6 Å². The van der Waals surface area contributed by atoms with Crippen molar-refractivity contribution in [1.29, 1.82) is 5.26 Å². The molecule has 0 unspecified atom stereocenters. The lowest BCUT2D eigenvalue weighted by molar-refractivity contribution is 0.158. The lowest BCUT2D eigenvalue weighted by atomic mass is 10.1. The average Bonchev–Trinajstić information content (AvgIpc) is 3.14. The predicted molar refractivity (Wildman–Crippen MR) is 210 cm³/mol. The van der Waals surface area contributed by atoms with Crippen LogP contribution in [0.15, 0.2) is 127 Å². The van der Waals surface area contributed by atoms with Gasteiger partial charge in [-0.2, -0.15) is 13.7 Å². The number of nitriles is 1. The molecule has 5 rings (SSSR count). The minimum atomic E-state index is -4.02. The van der Waals surface area contributed by atoms with E-state index in [-0.39, 0.29) is 24.4 Å². The predicted octanol–water partition coefficient (Wildman–Crippen LogP) is 8.51. The molecule has 0 fully saturated rings. The van der Waals surface area contributed by atoms with Gasteiger partial charge in [-0.1, -0.05) is 42.0 Å². The minimum Gasteiger partial charge on any atom is -0.410 e. The zero-order valence-electron chi connectivity index (χ0n) is 31.7. The maximum Gasteiger partial charge on any atom is 0.415 e. The van der Waals surface area contributed by atoms with Gasteiger partial charge in [-0.15, -0.1) is 6.58 Å². The van der Waals surface area contributed by atoms with Crippen molar-refractivity contribution in [1.82, 2.24) is 4.90 Å². The summed E-state index contributed by atoms with van der Waals surface area (Å²) in [4.78, 5) is 13.5. The van der Waals surface area contributed by atoms with Crippen LogP contribution in [-0.2, 0) is 29.4 Å². The number of nitrogens with two attached hydrogens (primary N) is 2.